The van der Waals surface area contributed by atoms with E-state index < -0.39 is 0 Å². The molecule has 1 fully saturated rings. The number of ether oxygens (including phenoxy) is 1. The van der Waals surface area contributed by atoms with Crippen LogP contribution >= 0.6 is 11.8 Å². The Labute approximate surface area is 123 Å². The molecule has 0 aromatic rings. The van der Waals surface area contributed by atoms with Crippen LogP contribution in [0.5, 0.6) is 0 Å². The van der Waals surface area contributed by atoms with E-state index in [0.717, 1.165) is 37.3 Å². The first kappa shape index (κ1) is 13.8. The first-order valence-corrected chi connectivity index (χ1v) is 8.04. The Morgan fingerprint density at radius 3 is 2.95 bits per heavy atom. The Kier molecular flexibility index (Phi) is 4.17. The summed E-state index contributed by atoms with van der Waals surface area (Å²) in [6.45, 7) is 3.68. The molecule has 3 aliphatic rings. The van der Waals surface area contributed by atoms with Gasteiger partial charge >= 0.3 is 0 Å². The van der Waals surface area contributed by atoms with E-state index in [9.17, 15) is 4.79 Å². The highest BCUT2D eigenvalue weighted by Gasteiger charge is 2.29. The Bertz CT molecular complexity index is 528. The van der Waals surface area contributed by atoms with Crippen molar-refractivity contribution in [3.63, 3.8) is 0 Å². The number of hydrogen-bond donors (Lipinski definition) is 0. The molecule has 4 nitrogen and oxygen atoms in total. The molecule has 2 aliphatic heterocycles. The van der Waals surface area contributed by atoms with E-state index >= 15 is 0 Å². The second-order valence-corrected chi connectivity index (χ2v) is 6.49. The number of carbonyl (C=O) groups excluding carboxylic acids is 1. The van der Waals surface area contributed by atoms with E-state index in [-0.39, 0.29) is 11.8 Å². The van der Waals surface area contributed by atoms with Crippen molar-refractivity contribution in [3.8, 4) is 0 Å². The number of nitrogens with zero attached hydrogens (tertiary/aromatic N) is 2. The van der Waals surface area contributed by atoms with Crippen LogP contribution in [0.4, 0.5) is 0 Å². The number of amidine groups is 1. The predicted molar refractivity (Wildman–Crippen MR) is 82.6 cm³/mol. The summed E-state index contributed by atoms with van der Waals surface area (Å²) in [6, 6.07) is 0. The lowest BCUT2D eigenvalue weighted by atomic mass is 9.91. The van der Waals surface area contributed by atoms with Crippen molar-refractivity contribution in [1.82, 2.24) is 0 Å². The van der Waals surface area contributed by atoms with Crippen LogP contribution in [-0.4, -0.2) is 41.7 Å². The molecular weight excluding hydrogens is 272 g/mol. The molecule has 1 aliphatic carbocycles. The van der Waals surface area contributed by atoms with Gasteiger partial charge in [0.1, 0.15) is 11.8 Å². The highest BCUT2D eigenvalue weighted by atomic mass is 32.2. The lowest BCUT2D eigenvalue weighted by Crippen LogP contribution is -2.30. The first-order chi connectivity index (χ1) is 9.74. The van der Waals surface area contributed by atoms with E-state index in [1.54, 1.807) is 0 Å². The van der Waals surface area contributed by atoms with Gasteiger partial charge in [0.25, 0.3) is 5.91 Å². The Morgan fingerprint density at radius 1 is 1.35 bits per heavy atom. The Hall–Kier alpha value is -1.20. The van der Waals surface area contributed by atoms with Crippen molar-refractivity contribution in [2.75, 3.05) is 19.0 Å². The van der Waals surface area contributed by atoms with E-state index in [2.05, 4.69) is 9.98 Å². The van der Waals surface area contributed by atoms with Crippen molar-refractivity contribution in [2.45, 2.75) is 25.0 Å². The number of amides is 1. The number of allylic oxidation sites excluding steroid dienone is 3. The molecule has 1 unspecified atom stereocenters. The molecule has 0 radical (unpaired) electrons. The summed E-state index contributed by atoms with van der Waals surface area (Å²) < 4.78 is 5.35. The van der Waals surface area contributed by atoms with Gasteiger partial charge in [-0.1, -0.05) is 18.2 Å². The van der Waals surface area contributed by atoms with Gasteiger partial charge in [0.2, 0.25) is 0 Å². The Morgan fingerprint density at radius 2 is 2.15 bits per heavy atom. The van der Waals surface area contributed by atoms with Crippen molar-refractivity contribution in [3.05, 3.63) is 23.8 Å². The summed E-state index contributed by atoms with van der Waals surface area (Å²) in [6.07, 6.45) is 7.94. The average Bonchev–Trinajstić information content (AvgIpc) is 2.47. The minimum atomic E-state index is -0.267. The first-order valence-electron chi connectivity index (χ1n) is 6.99. The second-order valence-electron chi connectivity index (χ2n) is 5.20. The summed E-state index contributed by atoms with van der Waals surface area (Å²) in [5.74, 6) is 1.03. The van der Waals surface area contributed by atoms with Gasteiger partial charge in [-0.2, -0.15) is 16.8 Å². The molecule has 1 saturated heterocycles. The monoisotopic (exact) mass is 290 g/mol. The molecule has 1 amide bonds. The topological polar surface area (TPSA) is 51.0 Å². The van der Waals surface area contributed by atoms with E-state index in [1.807, 2.05) is 36.9 Å². The maximum Gasteiger partial charge on any atom is 0.260 e. The van der Waals surface area contributed by atoms with Crippen molar-refractivity contribution in [2.24, 2.45) is 15.9 Å². The largest absolute Gasteiger partial charge is 0.381 e. The fraction of sp³-hybridized carbons (Fsp3) is 0.533. The van der Waals surface area contributed by atoms with Crippen LogP contribution < -0.4 is 0 Å². The molecule has 0 bridgehead atoms. The quantitative estimate of drug-likeness (QED) is 0.802. The third-order valence-corrected chi connectivity index (χ3v) is 5.09. The highest BCUT2D eigenvalue weighted by Crippen LogP contribution is 2.25. The molecule has 3 rings (SSSR count). The number of carbonyl (C=O) groups is 1. The Balaban J connectivity index is 1.67. The summed E-state index contributed by atoms with van der Waals surface area (Å²) in [7, 11) is 0. The molecule has 0 N–H and O–H groups in total. The average molecular weight is 290 g/mol. The molecular formula is C15H18N2O2S. The number of aliphatic imine (C=N–C) groups is 2. The zero-order chi connectivity index (χ0) is 13.9. The number of fused-ring (bicyclic) bond motifs is 1. The van der Waals surface area contributed by atoms with Gasteiger partial charge in [-0.05, 0) is 25.3 Å². The van der Waals surface area contributed by atoms with Crippen LogP contribution in [0.25, 0.3) is 0 Å². The minimum absolute atomic E-state index is 0.0822. The summed E-state index contributed by atoms with van der Waals surface area (Å²) in [5.41, 5.74) is 1.93. The van der Waals surface area contributed by atoms with E-state index in [4.69, 9.17) is 4.74 Å². The molecule has 1 atom stereocenters. The maximum absolute atomic E-state index is 12.1. The van der Waals surface area contributed by atoms with Gasteiger partial charge in [0, 0.05) is 18.5 Å². The minimum Gasteiger partial charge on any atom is -0.381 e. The summed E-state index contributed by atoms with van der Waals surface area (Å²) >= 11 is 1.84. The van der Waals surface area contributed by atoms with Gasteiger partial charge < -0.3 is 4.74 Å². The maximum atomic E-state index is 12.1. The second kappa shape index (κ2) is 6.06. The van der Waals surface area contributed by atoms with Crippen molar-refractivity contribution >= 4 is 29.2 Å². The predicted octanol–water partition coefficient (Wildman–Crippen LogP) is 2.41. The van der Waals surface area contributed by atoms with E-state index in [0.29, 0.717) is 16.8 Å². The molecule has 0 saturated carbocycles. The van der Waals surface area contributed by atoms with Gasteiger partial charge in [-0.3, -0.25) is 4.79 Å². The third-order valence-electron chi connectivity index (χ3n) is 3.72. The fourth-order valence-corrected chi connectivity index (χ4v) is 3.59. The van der Waals surface area contributed by atoms with Gasteiger partial charge in [0.05, 0.1) is 11.5 Å². The smallest absolute Gasteiger partial charge is 0.260 e. The van der Waals surface area contributed by atoms with Crippen LogP contribution in [0, 0.1) is 5.92 Å². The van der Waals surface area contributed by atoms with Crippen LogP contribution in [0.1, 0.15) is 19.8 Å². The number of thioether (sulfide) groups is 1. The van der Waals surface area contributed by atoms with E-state index in [1.165, 1.54) is 0 Å². The standard InChI is InChI=1S/C15H18N2O2S/c1-10-3-2-4-12-14(10)16-13(17-15(12)18)9-20-11-5-7-19-8-6-11/h2-4,11-12H,5-9H2,1H3. The number of hydrogen-bond acceptors (Lipinski definition) is 4. The lowest BCUT2D eigenvalue weighted by molar-refractivity contribution is -0.118. The van der Waals surface area contributed by atoms with Crippen molar-refractivity contribution in [1.29, 1.82) is 0 Å². The van der Waals surface area contributed by atoms with Crippen molar-refractivity contribution < 1.29 is 9.53 Å². The summed E-state index contributed by atoms with van der Waals surface area (Å²) in [4.78, 5) is 20.8. The molecule has 0 aromatic heterocycles. The molecule has 5 heteroatoms. The van der Waals surface area contributed by atoms with Gasteiger partial charge in [0.15, 0.2) is 0 Å². The lowest BCUT2D eigenvalue weighted by Gasteiger charge is -2.23. The van der Waals surface area contributed by atoms with Crippen LogP contribution in [0.15, 0.2) is 33.8 Å². The molecule has 2 heterocycles. The normalized spacial score (nSPS) is 26.8. The van der Waals surface area contributed by atoms with Crippen LogP contribution in [0.3, 0.4) is 0 Å². The molecule has 0 spiro atoms. The fourth-order valence-electron chi connectivity index (χ4n) is 2.55. The SMILES string of the molecule is CC1=CC=CC2C(=O)N=C(CSC3CCOCC3)N=C12. The highest BCUT2D eigenvalue weighted by molar-refractivity contribution is 8.00. The van der Waals surface area contributed by atoms with Gasteiger partial charge in [-0.25, -0.2) is 4.99 Å². The third kappa shape index (κ3) is 2.94. The van der Waals surface area contributed by atoms with Crippen LogP contribution in [0.2, 0.25) is 0 Å². The zero-order valence-corrected chi connectivity index (χ0v) is 12.4. The van der Waals surface area contributed by atoms with Gasteiger partial charge in [-0.15, -0.1) is 0 Å². The number of rotatable bonds is 3. The zero-order valence-electron chi connectivity index (χ0n) is 11.5. The summed E-state index contributed by atoms with van der Waals surface area (Å²) in [5, 5.41) is 0.599. The molecule has 0 aromatic carbocycles. The molecule has 20 heavy (non-hydrogen) atoms. The molecule has 106 valence electrons. The van der Waals surface area contributed by atoms with Crippen LogP contribution in [-0.2, 0) is 9.53 Å².